The molecule has 0 spiro atoms. The monoisotopic (exact) mass is 340 g/mol. The van der Waals surface area contributed by atoms with Crippen molar-refractivity contribution < 1.29 is 4.79 Å². The fourth-order valence-corrected chi connectivity index (χ4v) is 3.29. The third-order valence-corrected chi connectivity index (χ3v) is 4.67. The summed E-state index contributed by atoms with van der Waals surface area (Å²) < 4.78 is 1.23. The van der Waals surface area contributed by atoms with E-state index >= 15 is 0 Å². The molecule has 3 rings (SSSR count). The predicted molar refractivity (Wildman–Crippen MR) is 97.2 cm³/mol. The quantitative estimate of drug-likeness (QED) is 0.866. The van der Waals surface area contributed by atoms with Crippen LogP contribution in [0, 0.1) is 0 Å². The number of amides is 1. The highest BCUT2D eigenvalue weighted by molar-refractivity contribution is 5.75. The maximum atomic E-state index is 12.2. The number of aromatic nitrogens is 2. The van der Waals surface area contributed by atoms with Gasteiger partial charge in [0.25, 0.3) is 5.56 Å². The number of hydrogen-bond acceptors (Lipinski definition) is 4. The molecule has 132 valence electrons. The summed E-state index contributed by atoms with van der Waals surface area (Å²) in [5.41, 5.74) is 1.33. The summed E-state index contributed by atoms with van der Waals surface area (Å²) in [6, 6.07) is 13.2. The molecule has 0 saturated carbocycles. The molecule has 1 amide bonds. The van der Waals surface area contributed by atoms with Gasteiger partial charge < -0.3 is 5.32 Å². The average Bonchev–Trinajstić information content (AvgIpc) is 3.10. The molecule has 1 saturated heterocycles. The van der Waals surface area contributed by atoms with Gasteiger partial charge >= 0.3 is 0 Å². The minimum Gasteiger partial charge on any atom is -0.353 e. The SMILES string of the molecule is CCN1CCC[C@@H]1CNC(=O)Cn1nc(-c2ccccc2)ccc1=O. The van der Waals surface area contributed by atoms with Crippen molar-refractivity contribution in [2.45, 2.75) is 32.4 Å². The minimum atomic E-state index is -0.272. The third kappa shape index (κ3) is 4.33. The lowest BCUT2D eigenvalue weighted by molar-refractivity contribution is -0.122. The molecule has 6 nitrogen and oxygen atoms in total. The molecule has 1 aliphatic rings. The number of hydrogen-bond donors (Lipinski definition) is 1. The highest BCUT2D eigenvalue weighted by atomic mass is 16.2. The van der Waals surface area contributed by atoms with Crippen LogP contribution in [0.2, 0.25) is 0 Å². The Morgan fingerprint density at radius 2 is 2.04 bits per heavy atom. The summed E-state index contributed by atoms with van der Waals surface area (Å²) in [4.78, 5) is 26.6. The topological polar surface area (TPSA) is 67.2 Å². The van der Waals surface area contributed by atoms with Gasteiger partial charge in [-0.05, 0) is 32.0 Å². The Kier molecular flexibility index (Phi) is 5.60. The first-order chi connectivity index (χ1) is 12.2. The summed E-state index contributed by atoms with van der Waals surface area (Å²) >= 11 is 0. The molecule has 1 aromatic heterocycles. The van der Waals surface area contributed by atoms with E-state index in [1.165, 1.54) is 17.2 Å². The predicted octanol–water partition coefficient (Wildman–Crippen LogP) is 1.51. The van der Waals surface area contributed by atoms with Crippen LogP contribution in [0.25, 0.3) is 11.3 Å². The van der Waals surface area contributed by atoms with E-state index in [1.54, 1.807) is 6.07 Å². The third-order valence-electron chi connectivity index (χ3n) is 4.67. The standard InChI is InChI=1S/C19H24N4O2/c1-2-22-12-6-9-16(22)13-20-18(24)14-23-19(25)11-10-17(21-23)15-7-4-3-5-8-15/h3-5,7-8,10-11,16H,2,6,9,12-14H2,1H3,(H,20,24)/t16-/m1/s1. The van der Waals surface area contributed by atoms with Crippen molar-refractivity contribution in [2.75, 3.05) is 19.6 Å². The molecular formula is C19H24N4O2. The van der Waals surface area contributed by atoms with Gasteiger partial charge in [-0.3, -0.25) is 14.5 Å². The number of likely N-dealkylation sites (tertiary alicyclic amines) is 1. The number of nitrogens with one attached hydrogen (secondary N) is 1. The maximum Gasteiger partial charge on any atom is 0.267 e. The van der Waals surface area contributed by atoms with Gasteiger partial charge in [0.05, 0.1) is 5.69 Å². The van der Waals surface area contributed by atoms with Crippen molar-refractivity contribution in [3.05, 3.63) is 52.8 Å². The lowest BCUT2D eigenvalue weighted by Gasteiger charge is -2.22. The van der Waals surface area contributed by atoms with E-state index in [9.17, 15) is 9.59 Å². The van der Waals surface area contributed by atoms with Gasteiger partial charge in [-0.1, -0.05) is 37.3 Å². The van der Waals surface area contributed by atoms with Crippen molar-refractivity contribution in [1.29, 1.82) is 0 Å². The molecule has 1 fully saturated rings. The van der Waals surface area contributed by atoms with Gasteiger partial charge in [0.1, 0.15) is 6.54 Å². The Bertz CT molecular complexity index is 772. The summed E-state index contributed by atoms with van der Waals surface area (Å²) in [5.74, 6) is -0.178. The molecule has 2 aromatic rings. The first kappa shape index (κ1) is 17.4. The first-order valence-electron chi connectivity index (χ1n) is 8.81. The average molecular weight is 340 g/mol. The largest absolute Gasteiger partial charge is 0.353 e. The van der Waals surface area contributed by atoms with Crippen LogP contribution in [0.3, 0.4) is 0 Å². The van der Waals surface area contributed by atoms with E-state index in [0.29, 0.717) is 18.3 Å². The van der Waals surface area contributed by atoms with E-state index in [-0.39, 0.29) is 18.0 Å². The Morgan fingerprint density at radius 3 is 2.80 bits per heavy atom. The highest BCUT2D eigenvalue weighted by Crippen LogP contribution is 2.16. The number of benzene rings is 1. The van der Waals surface area contributed by atoms with Gasteiger partial charge in [-0.2, -0.15) is 5.10 Å². The van der Waals surface area contributed by atoms with E-state index in [1.807, 2.05) is 30.3 Å². The number of carbonyl (C=O) groups is 1. The summed E-state index contributed by atoms with van der Waals surface area (Å²) in [7, 11) is 0. The van der Waals surface area contributed by atoms with Crippen molar-refractivity contribution >= 4 is 5.91 Å². The zero-order chi connectivity index (χ0) is 17.6. The normalized spacial score (nSPS) is 17.6. The van der Waals surface area contributed by atoms with E-state index in [4.69, 9.17) is 0 Å². The second-order valence-electron chi connectivity index (χ2n) is 6.31. The molecule has 1 atom stereocenters. The first-order valence-corrected chi connectivity index (χ1v) is 8.81. The Morgan fingerprint density at radius 1 is 1.24 bits per heavy atom. The maximum absolute atomic E-state index is 12.2. The van der Waals surface area contributed by atoms with Crippen LogP contribution in [0.1, 0.15) is 19.8 Å². The molecule has 25 heavy (non-hydrogen) atoms. The molecule has 2 heterocycles. The van der Waals surface area contributed by atoms with E-state index in [2.05, 4.69) is 22.2 Å². The fourth-order valence-electron chi connectivity index (χ4n) is 3.29. The number of likely N-dealkylation sites (N-methyl/N-ethyl adjacent to an activating group) is 1. The second-order valence-corrected chi connectivity index (χ2v) is 6.31. The highest BCUT2D eigenvalue weighted by Gasteiger charge is 2.23. The summed E-state index contributed by atoms with van der Waals surface area (Å²) in [5, 5.41) is 7.27. The van der Waals surface area contributed by atoms with Crippen LogP contribution in [-0.4, -0.2) is 46.3 Å². The van der Waals surface area contributed by atoms with E-state index < -0.39 is 0 Å². The molecule has 0 radical (unpaired) electrons. The van der Waals surface area contributed by atoms with Gasteiger partial charge in [0, 0.05) is 24.2 Å². The van der Waals surface area contributed by atoms with Gasteiger partial charge in [-0.15, -0.1) is 0 Å². The smallest absolute Gasteiger partial charge is 0.267 e. The second kappa shape index (κ2) is 8.07. The fraction of sp³-hybridized carbons (Fsp3) is 0.421. The van der Waals surface area contributed by atoms with Crippen molar-refractivity contribution in [1.82, 2.24) is 20.0 Å². The minimum absolute atomic E-state index is 0.0572. The zero-order valence-corrected chi connectivity index (χ0v) is 14.5. The Labute approximate surface area is 147 Å². The van der Waals surface area contributed by atoms with E-state index in [0.717, 1.165) is 25.1 Å². The molecule has 1 N–H and O–H groups in total. The molecule has 0 unspecified atom stereocenters. The van der Waals surface area contributed by atoms with Crippen LogP contribution in [0.5, 0.6) is 0 Å². The lowest BCUT2D eigenvalue weighted by atomic mass is 10.1. The number of carbonyl (C=O) groups excluding carboxylic acids is 1. The van der Waals surface area contributed by atoms with Gasteiger partial charge in [0.15, 0.2) is 0 Å². The molecule has 0 aliphatic carbocycles. The molecule has 0 bridgehead atoms. The zero-order valence-electron chi connectivity index (χ0n) is 14.5. The Balaban J connectivity index is 1.64. The number of nitrogens with zero attached hydrogens (tertiary/aromatic N) is 3. The van der Waals surface area contributed by atoms with Gasteiger partial charge in [-0.25, -0.2) is 4.68 Å². The number of rotatable bonds is 6. The summed E-state index contributed by atoms with van der Waals surface area (Å²) in [6.07, 6.45) is 2.28. The molecular weight excluding hydrogens is 316 g/mol. The van der Waals surface area contributed by atoms with Crippen LogP contribution < -0.4 is 10.9 Å². The molecule has 1 aromatic carbocycles. The van der Waals surface area contributed by atoms with Crippen LogP contribution in [0.15, 0.2) is 47.3 Å². The summed E-state index contributed by atoms with van der Waals surface area (Å²) in [6.45, 7) is 4.80. The van der Waals surface area contributed by atoms with Crippen LogP contribution in [-0.2, 0) is 11.3 Å². The van der Waals surface area contributed by atoms with Crippen molar-refractivity contribution in [2.24, 2.45) is 0 Å². The lowest BCUT2D eigenvalue weighted by Crippen LogP contribution is -2.42. The van der Waals surface area contributed by atoms with Crippen molar-refractivity contribution in [3.8, 4) is 11.3 Å². The van der Waals surface area contributed by atoms with Crippen LogP contribution >= 0.6 is 0 Å². The van der Waals surface area contributed by atoms with Gasteiger partial charge in [0.2, 0.25) is 5.91 Å². The Hall–Kier alpha value is -2.47. The molecule has 1 aliphatic heterocycles. The van der Waals surface area contributed by atoms with Crippen molar-refractivity contribution in [3.63, 3.8) is 0 Å². The van der Waals surface area contributed by atoms with Crippen LogP contribution in [0.4, 0.5) is 0 Å². The molecule has 6 heteroatoms.